The zero-order valence-electron chi connectivity index (χ0n) is 19.8. The predicted molar refractivity (Wildman–Crippen MR) is 132 cm³/mol. The minimum atomic E-state index is -3.68. The minimum absolute atomic E-state index is 0.312. The van der Waals surface area contributed by atoms with E-state index >= 15 is 0 Å². The van der Waals surface area contributed by atoms with Crippen LogP contribution in [0.2, 0.25) is 0 Å². The first-order valence-electron chi connectivity index (χ1n) is 11.6. The van der Waals surface area contributed by atoms with Gasteiger partial charge in [-0.15, -0.1) is 0 Å². The number of nitrogens with one attached hydrogen (secondary N) is 1. The summed E-state index contributed by atoms with van der Waals surface area (Å²) < 4.78 is 32.0. The molecule has 1 atom stereocenters. The molecule has 1 N–H and O–H groups in total. The van der Waals surface area contributed by atoms with Crippen LogP contribution in [0.5, 0.6) is 5.75 Å². The Bertz CT molecular complexity index is 1020. The van der Waals surface area contributed by atoms with Crippen molar-refractivity contribution in [2.24, 2.45) is 0 Å². The van der Waals surface area contributed by atoms with E-state index < -0.39 is 16.1 Å². The van der Waals surface area contributed by atoms with Crippen molar-refractivity contribution in [2.45, 2.75) is 52.2 Å². The van der Waals surface area contributed by atoms with Crippen molar-refractivity contribution in [2.75, 3.05) is 30.3 Å². The Morgan fingerprint density at radius 3 is 2.27 bits per heavy atom. The van der Waals surface area contributed by atoms with Crippen LogP contribution in [0.3, 0.4) is 0 Å². The van der Waals surface area contributed by atoms with Crippen molar-refractivity contribution in [3.63, 3.8) is 0 Å². The molecule has 1 heterocycles. The molecule has 1 amide bonds. The van der Waals surface area contributed by atoms with E-state index in [-0.39, 0.29) is 5.91 Å². The monoisotopic (exact) mass is 473 g/mol. The van der Waals surface area contributed by atoms with Crippen LogP contribution in [0.4, 0.5) is 5.69 Å². The molecule has 180 valence electrons. The number of ether oxygens (including phenoxy) is 1. The molecule has 2 aromatic rings. The van der Waals surface area contributed by atoms with Gasteiger partial charge in [0.15, 0.2) is 0 Å². The second-order valence-electron chi connectivity index (χ2n) is 8.38. The van der Waals surface area contributed by atoms with E-state index in [0.717, 1.165) is 31.5 Å². The number of benzene rings is 2. The number of amides is 1. The van der Waals surface area contributed by atoms with Gasteiger partial charge in [-0.3, -0.25) is 14.0 Å². The van der Waals surface area contributed by atoms with Crippen LogP contribution in [-0.4, -0.2) is 51.2 Å². The summed E-state index contributed by atoms with van der Waals surface area (Å²) in [5, 5.41) is 2.98. The lowest BCUT2D eigenvalue weighted by molar-refractivity contribution is -0.122. The SMILES string of the molecule is CCOc1ccc(N(C(CC)C(=O)NCc2ccccc2CN2CCCC2)S(C)(=O)=O)cc1. The average molecular weight is 474 g/mol. The van der Waals surface area contributed by atoms with Crippen molar-refractivity contribution in [3.8, 4) is 5.75 Å². The molecular weight excluding hydrogens is 438 g/mol. The van der Waals surface area contributed by atoms with E-state index in [1.54, 1.807) is 24.3 Å². The first-order chi connectivity index (χ1) is 15.8. The molecule has 1 unspecified atom stereocenters. The topological polar surface area (TPSA) is 79.0 Å². The maximum absolute atomic E-state index is 13.2. The van der Waals surface area contributed by atoms with E-state index in [4.69, 9.17) is 4.74 Å². The highest BCUT2D eigenvalue weighted by atomic mass is 32.2. The van der Waals surface area contributed by atoms with Gasteiger partial charge in [0.25, 0.3) is 0 Å². The van der Waals surface area contributed by atoms with Crippen LogP contribution >= 0.6 is 0 Å². The molecule has 33 heavy (non-hydrogen) atoms. The smallest absolute Gasteiger partial charge is 0.244 e. The normalized spacial score (nSPS) is 15.2. The zero-order valence-corrected chi connectivity index (χ0v) is 20.6. The number of hydrogen-bond donors (Lipinski definition) is 1. The number of anilines is 1. The summed E-state index contributed by atoms with van der Waals surface area (Å²) in [6.07, 6.45) is 3.93. The Balaban J connectivity index is 1.75. The van der Waals surface area contributed by atoms with Crippen LogP contribution in [0.15, 0.2) is 48.5 Å². The molecule has 0 aromatic heterocycles. The number of likely N-dealkylation sites (tertiary alicyclic amines) is 1. The largest absolute Gasteiger partial charge is 0.494 e. The van der Waals surface area contributed by atoms with Gasteiger partial charge in [-0.2, -0.15) is 0 Å². The Labute approximate surface area is 197 Å². The number of rotatable bonds is 11. The van der Waals surface area contributed by atoms with Gasteiger partial charge in [0.1, 0.15) is 11.8 Å². The maximum Gasteiger partial charge on any atom is 0.244 e. The fourth-order valence-corrected chi connectivity index (χ4v) is 5.49. The van der Waals surface area contributed by atoms with E-state index in [2.05, 4.69) is 16.3 Å². The van der Waals surface area contributed by atoms with Crippen molar-refractivity contribution in [3.05, 3.63) is 59.7 Å². The predicted octanol–water partition coefficient (Wildman–Crippen LogP) is 3.54. The molecule has 0 spiro atoms. The van der Waals surface area contributed by atoms with Crippen molar-refractivity contribution < 1.29 is 17.9 Å². The summed E-state index contributed by atoms with van der Waals surface area (Å²) in [5.74, 6) is 0.342. The molecule has 1 fully saturated rings. The molecule has 1 aliphatic heterocycles. The Hall–Kier alpha value is -2.58. The van der Waals surface area contributed by atoms with Gasteiger partial charge in [-0.1, -0.05) is 31.2 Å². The summed E-state index contributed by atoms with van der Waals surface area (Å²) >= 11 is 0. The number of carbonyl (C=O) groups is 1. The molecule has 7 nitrogen and oxygen atoms in total. The fourth-order valence-electron chi connectivity index (χ4n) is 4.28. The first-order valence-corrected chi connectivity index (χ1v) is 13.5. The van der Waals surface area contributed by atoms with Gasteiger partial charge in [0.2, 0.25) is 15.9 Å². The third kappa shape index (κ3) is 6.71. The maximum atomic E-state index is 13.2. The fraction of sp³-hybridized carbons (Fsp3) is 0.480. The molecule has 0 bridgehead atoms. The Morgan fingerprint density at radius 2 is 1.70 bits per heavy atom. The summed E-state index contributed by atoms with van der Waals surface area (Å²) in [6, 6.07) is 14.0. The van der Waals surface area contributed by atoms with E-state index in [0.29, 0.717) is 31.0 Å². The van der Waals surface area contributed by atoms with Crippen molar-refractivity contribution in [1.82, 2.24) is 10.2 Å². The quantitative estimate of drug-likeness (QED) is 0.540. The van der Waals surface area contributed by atoms with Gasteiger partial charge in [0, 0.05) is 13.1 Å². The lowest BCUT2D eigenvalue weighted by atomic mass is 10.1. The molecule has 8 heteroatoms. The first kappa shape index (κ1) is 25.1. The Morgan fingerprint density at radius 1 is 1.06 bits per heavy atom. The van der Waals surface area contributed by atoms with Crippen LogP contribution < -0.4 is 14.4 Å². The minimum Gasteiger partial charge on any atom is -0.494 e. The summed E-state index contributed by atoms with van der Waals surface area (Å²) in [4.78, 5) is 15.6. The molecule has 1 aliphatic rings. The molecule has 3 rings (SSSR count). The highest BCUT2D eigenvalue weighted by Gasteiger charge is 2.31. The Kier molecular flexibility index (Phi) is 8.74. The van der Waals surface area contributed by atoms with Crippen LogP contribution in [0.25, 0.3) is 0 Å². The summed E-state index contributed by atoms with van der Waals surface area (Å²) in [6.45, 7) is 7.66. The molecule has 0 saturated carbocycles. The molecule has 0 radical (unpaired) electrons. The standard InChI is InChI=1S/C25H35N3O4S/c1-4-24(28(33(3,30)31)22-12-14-23(15-13-22)32-5-2)25(29)26-18-20-10-6-7-11-21(20)19-27-16-8-9-17-27/h6-7,10-15,24H,4-5,8-9,16-19H2,1-3H3,(H,26,29). The second kappa shape index (κ2) is 11.5. The van der Waals surface area contributed by atoms with Crippen molar-refractivity contribution >= 4 is 21.6 Å². The number of hydrogen-bond acceptors (Lipinski definition) is 5. The van der Waals surface area contributed by atoms with E-state index in [9.17, 15) is 13.2 Å². The van der Waals surface area contributed by atoms with Crippen LogP contribution in [0, 0.1) is 0 Å². The van der Waals surface area contributed by atoms with Gasteiger partial charge >= 0.3 is 0 Å². The second-order valence-corrected chi connectivity index (χ2v) is 10.2. The van der Waals surface area contributed by atoms with Crippen LogP contribution in [-0.2, 0) is 27.9 Å². The lowest BCUT2D eigenvalue weighted by Crippen LogP contribution is -2.49. The highest BCUT2D eigenvalue weighted by molar-refractivity contribution is 7.92. The zero-order chi connectivity index (χ0) is 23.8. The van der Waals surface area contributed by atoms with Gasteiger partial charge in [-0.25, -0.2) is 8.42 Å². The van der Waals surface area contributed by atoms with Crippen molar-refractivity contribution in [1.29, 1.82) is 0 Å². The lowest BCUT2D eigenvalue weighted by Gasteiger charge is -2.30. The average Bonchev–Trinajstić information content (AvgIpc) is 3.30. The molecule has 1 saturated heterocycles. The van der Waals surface area contributed by atoms with Gasteiger partial charge in [0.05, 0.1) is 18.6 Å². The van der Waals surface area contributed by atoms with Gasteiger partial charge in [-0.05, 0) is 74.7 Å². The van der Waals surface area contributed by atoms with E-state index in [1.165, 1.54) is 22.7 Å². The third-order valence-corrected chi connectivity index (χ3v) is 7.08. The van der Waals surface area contributed by atoms with E-state index in [1.807, 2.05) is 32.0 Å². The number of nitrogens with zero attached hydrogens (tertiary/aromatic N) is 2. The number of sulfonamides is 1. The third-order valence-electron chi connectivity index (χ3n) is 5.90. The molecule has 2 aromatic carbocycles. The molecule has 0 aliphatic carbocycles. The number of carbonyl (C=O) groups excluding carboxylic acids is 1. The highest BCUT2D eigenvalue weighted by Crippen LogP contribution is 2.25. The van der Waals surface area contributed by atoms with Gasteiger partial charge < -0.3 is 10.1 Å². The van der Waals surface area contributed by atoms with Crippen LogP contribution in [0.1, 0.15) is 44.2 Å². The summed E-state index contributed by atoms with van der Waals surface area (Å²) in [7, 11) is -3.68. The summed E-state index contributed by atoms with van der Waals surface area (Å²) in [5.41, 5.74) is 2.69. The molecular formula is C25H35N3O4S.